The number of piperidine rings is 1. The molecule has 0 saturated carbocycles. The molecule has 2 N–H and O–H groups in total. The third-order valence-corrected chi connectivity index (χ3v) is 6.08. The molecule has 7 heteroatoms. The van der Waals surface area contributed by atoms with Crippen LogP contribution < -0.4 is 5.73 Å². The second-order valence-electron chi connectivity index (χ2n) is 7.15. The van der Waals surface area contributed by atoms with E-state index in [1.165, 1.54) is 0 Å². The minimum Gasteiger partial charge on any atom is -0.337 e. The molecule has 2 aromatic heterocycles. The van der Waals surface area contributed by atoms with Gasteiger partial charge in [0, 0.05) is 19.1 Å². The van der Waals surface area contributed by atoms with Crippen LogP contribution in [0.1, 0.15) is 30.3 Å². The Balaban J connectivity index is 0.00000225. The number of carbonyl (C=O) groups is 1. The third kappa shape index (κ3) is 4.14. The second-order valence-corrected chi connectivity index (χ2v) is 8.10. The molecule has 1 fully saturated rings. The van der Waals surface area contributed by atoms with Crippen LogP contribution in [0.5, 0.6) is 0 Å². The molecule has 1 aliphatic heterocycles. The van der Waals surface area contributed by atoms with Gasteiger partial charge in [-0.2, -0.15) is 5.10 Å². The van der Waals surface area contributed by atoms with E-state index in [-0.39, 0.29) is 24.4 Å². The minimum absolute atomic E-state index is 0. The van der Waals surface area contributed by atoms with Gasteiger partial charge in [-0.05, 0) is 55.3 Å². The number of aromatic nitrogens is 2. The monoisotopic (exact) mass is 416 g/mol. The average molecular weight is 417 g/mol. The molecule has 2 atom stereocenters. The van der Waals surface area contributed by atoms with Gasteiger partial charge >= 0.3 is 0 Å². The van der Waals surface area contributed by atoms with Gasteiger partial charge in [0.05, 0.1) is 16.3 Å². The Morgan fingerprint density at radius 3 is 2.71 bits per heavy atom. The lowest BCUT2D eigenvalue weighted by atomic mass is 9.92. The molecule has 148 valence electrons. The molecule has 1 amide bonds. The van der Waals surface area contributed by atoms with E-state index in [0.717, 1.165) is 35.6 Å². The van der Waals surface area contributed by atoms with Crippen molar-refractivity contribution >= 4 is 29.7 Å². The summed E-state index contributed by atoms with van der Waals surface area (Å²) in [7, 11) is 0. The Hall–Kier alpha value is -2.15. The SMILES string of the molecule is CC(N)C1CCCN(C(=O)c2cc(-c3cccs3)n(-c3ccccc3)n2)C1.Cl. The van der Waals surface area contributed by atoms with Crippen LogP contribution >= 0.6 is 23.7 Å². The smallest absolute Gasteiger partial charge is 0.274 e. The van der Waals surface area contributed by atoms with E-state index in [1.807, 2.05) is 64.4 Å². The van der Waals surface area contributed by atoms with Crippen LogP contribution in [-0.2, 0) is 0 Å². The lowest BCUT2D eigenvalue weighted by molar-refractivity contribution is 0.0654. The van der Waals surface area contributed by atoms with Crippen LogP contribution in [0.15, 0.2) is 53.9 Å². The first-order chi connectivity index (χ1) is 13.1. The third-order valence-electron chi connectivity index (χ3n) is 5.19. The topological polar surface area (TPSA) is 64.2 Å². The maximum atomic E-state index is 13.1. The summed E-state index contributed by atoms with van der Waals surface area (Å²) in [6, 6.07) is 16.0. The van der Waals surface area contributed by atoms with Crippen molar-refractivity contribution < 1.29 is 4.79 Å². The van der Waals surface area contributed by atoms with Crippen LogP contribution in [0.25, 0.3) is 16.3 Å². The number of halogens is 1. The standard InChI is InChI=1S/C21H24N4OS.ClH/c1-15(22)16-7-5-11-24(14-16)21(26)18-13-19(20-10-6-12-27-20)25(23-18)17-8-3-2-4-9-17;/h2-4,6,8-10,12-13,15-16H,5,7,11,14,22H2,1H3;1H. The van der Waals surface area contributed by atoms with Crippen molar-refractivity contribution in [2.75, 3.05) is 13.1 Å². The first kappa shape index (κ1) is 20.6. The van der Waals surface area contributed by atoms with Gasteiger partial charge in [0.25, 0.3) is 5.91 Å². The van der Waals surface area contributed by atoms with Gasteiger partial charge < -0.3 is 10.6 Å². The fraction of sp³-hybridized carbons (Fsp3) is 0.333. The van der Waals surface area contributed by atoms with Crippen molar-refractivity contribution in [3.05, 3.63) is 59.6 Å². The molecule has 0 bridgehead atoms. The summed E-state index contributed by atoms with van der Waals surface area (Å²) >= 11 is 1.65. The van der Waals surface area contributed by atoms with Crippen molar-refractivity contribution in [2.24, 2.45) is 11.7 Å². The quantitative estimate of drug-likeness (QED) is 0.692. The van der Waals surface area contributed by atoms with Gasteiger partial charge in [-0.15, -0.1) is 23.7 Å². The second kappa shape index (κ2) is 8.90. The molecule has 1 saturated heterocycles. The Kier molecular flexibility index (Phi) is 6.54. The number of nitrogens with two attached hydrogens (primary N) is 1. The summed E-state index contributed by atoms with van der Waals surface area (Å²) in [6.45, 7) is 3.51. The lowest BCUT2D eigenvalue weighted by Gasteiger charge is -2.34. The summed E-state index contributed by atoms with van der Waals surface area (Å²) in [5.41, 5.74) is 8.47. The van der Waals surface area contributed by atoms with E-state index in [1.54, 1.807) is 11.3 Å². The number of carbonyl (C=O) groups excluding carboxylic acids is 1. The summed E-state index contributed by atoms with van der Waals surface area (Å²) < 4.78 is 1.87. The molecule has 3 aromatic rings. The van der Waals surface area contributed by atoms with Gasteiger partial charge in [-0.3, -0.25) is 4.79 Å². The van der Waals surface area contributed by atoms with Crippen LogP contribution in [-0.4, -0.2) is 39.7 Å². The van der Waals surface area contributed by atoms with Gasteiger partial charge in [-0.1, -0.05) is 24.3 Å². The normalized spacial score (nSPS) is 17.8. The lowest BCUT2D eigenvalue weighted by Crippen LogP contribution is -2.45. The fourth-order valence-corrected chi connectivity index (χ4v) is 4.36. The van der Waals surface area contributed by atoms with Gasteiger partial charge in [0.15, 0.2) is 5.69 Å². The predicted molar refractivity (Wildman–Crippen MR) is 116 cm³/mol. The van der Waals surface area contributed by atoms with Crippen LogP contribution in [0.2, 0.25) is 0 Å². The molecule has 0 aliphatic carbocycles. The minimum atomic E-state index is -0.00663. The van der Waals surface area contributed by atoms with E-state index in [9.17, 15) is 4.79 Å². The van der Waals surface area contributed by atoms with Gasteiger partial charge in [0.1, 0.15) is 0 Å². The zero-order valence-electron chi connectivity index (χ0n) is 15.8. The van der Waals surface area contributed by atoms with E-state index in [4.69, 9.17) is 5.73 Å². The number of nitrogens with zero attached hydrogens (tertiary/aromatic N) is 3. The number of benzene rings is 1. The van der Waals surface area contributed by atoms with E-state index >= 15 is 0 Å². The highest BCUT2D eigenvalue weighted by molar-refractivity contribution is 7.13. The summed E-state index contributed by atoms with van der Waals surface area (Å²) in [5, 5.41) is 6.72. The highest BCUT2D eigenvalue weighted by atomic mass is 35.5. The molecule has 1 aliphatic rings. The molecule has 1 aromatic carbocycles. The molecular weight excluding hydrogens is 392 g/mol. The van der Waals surface area contributed by atoms with Crippen LogP contribution in [0, 0.1) is 5.92 Å². The molecular formula is C21H25ClN4OS. The number of thiophene rings is 1. The van der Waals surface area contributed by atoms with Crippen molar-refractivity contribution in [3.63, 3.8) is 0 Å². The van der Waals surface area contributed by atoms with Crippen molar-refractivity contribution in [1.29, 1.82) is 0 Å². The van der Waals surface area contributed by atoms with E-state index in [2.05, 4.69) is 11.2 Å². The first-order valence-electron chi connectivity index (χ1n) is 9.37. The fourth-order valence-electron chi connectivity index (χ4n) is 3.64. The summed E-state index contributed by atoms with van der Waals surface area (Å²) in [5.74, 6) is 0.350. The van der Waals surface area contributed by atoms with E-state index < -0.39 is 0 Å². The molecule has 4 rings (SSSR count). The van der Waals surface area contributed by atoms with Crippen LogP contribution in [0.4, 0.5) is 0 Å². The maximum absolute atomic E-state index is 13.1. The number of likely N-dealkylation sites (tertiary alicyclic amines) is 1. The Labute approximate surface area is 175 Å². The molecule has 0 spiro atoms. The van der Waals surface area contributed by atoms with Crippen molar-refractivity contribution in [1.82, 2.24) is 14.7 Å². The molecule has 3 heterocycles. The highest BCUT2D eigenvalue weighted by Gasteiger charge is 2.28. The Morgan fingerprint density at radius 2 is 2.04 bits per heavy atom. The van der Waals surface area contributed by atoms with Crippen molar-refractivity contribution in [3.8, 4) is 16.3 Å². The predicted octanol–water partition coefficient (Wildman–Crippen LogP) is 4.22. The average Bonchev–Trinajstić information content (AvgIpc) is 3.38. The van der Waals surface area contributed by atoms with Crippen molar-refractivity contribution in [2.45, 2.75) is 25.8 Å². The molecule has 0 radical (unpaired) electrons. The van der Waals surface area contributed by atoms with Gasteiger partial charge in [-0.25, -0.2) is 4.68 Å². The molecule has 2 unspecified atom stereocenters. The van der Waals surface area contributed by atoms with E-state index in [0.29, 0.717) is 18.2 Å². The highest BCUT2D eigenvalue weighted by Crippen LogP contribution is 2.29. The maximum Gasteiger partial charge on any atom is 0.274 e. The summed E-state index contributed by atoms with van der Waals surface area (Å²) in [6.07, 6.45) is 2.08. The number of amides is 1. The number of rotatable bonds is 4. The Morgan fingerprint density at radius 1 is 1.25 bits per heavy atom. The number of hydrogen-bond donors (Lipinski definition) is 1. The number of hydrogen-bond acceptors (Lipinski definition) is 4. The Bertz CT molecular complexity index is 908. The molecule has 5 nitrogen and oxygen atoms in total. The zero-order chi connectivity index (χ0) is 18.8. The summed E-state index contributed by atoms with van der Waals surface area (Å²) in [4.78, 5) is 16.2. The van der Waals surface area contributed by atoms with Gasteiger partial charge in [0.2, 0.25) is 0 Å². The molecule has 28 heavy (non-hydrogen) atoms. The zero-order valence-corrected chi connectivity index (χ0v) is 17.5. The number of para-hydroxylation sites is 1. The van der Waals surface area contributed by atoms with Crippen LogP contribution in [0.3, 0.4) is 0 Å². The first-order valence-corrected chi connectivity index (χ1v) is 10.3. The largest absolute Gasteiger partial charge is 0.337 e.